The number of esters is 1. The van der Waals surface area contributed by atoms with E-state index in [4.69, 9.17) is 4.74 Å². The summed E-state index contributed by atoms with van der Waals surface area (Å²) in [6.45, 7) is 4.92. The van der Waals surface area contributed by atoms with Crippen LogP contribution < -0.4 is 5.32 Å². The molecule has 2 atom stereocenters. The molecule has 0 aromatic carbocycles. The Bertz CT molecular complexity index is 893. The minimum absolute atomic E-state index is 0.000250. The molecule has 0 heterocycles. The highest BCUT2D eigenvalue weighted by Gasteiger charge is 2.20. The summed E-state index contributed by atoms with van der Waals surface area (Å²) in [5.74, 6) is -0.0450. The molecule has 356 valence electrons. The molecule has 0 radical (unpaired) electrons. The molecule has 0 rings (SSSR count). The Labute approximate surface area is 374 Å². The minimum atomic E-state index is -0.667. The number of carbonyl (C=O) groups is 2. The molecule has 0 bridgehead atoms. The second kappa shape index (κ2) is 50.2. The van der Waals surface area contributed by atoms with E-state index in [9.17, 15) is 19.8 Å². The summed E-state index contributed by atoms with van der Waals surface area (Å²) in [5, 5.41) is 23.1. The van der Waals surface area contributed by atoms with Crippen LogP contribution in [0, 0.1) is 0 Å². The van der Waals surface area contributed by atoms with Gasteiger partial charge in [-0.25, -0.2) is 0 Å². The number of allylic oxidation sites excluding steroid dienone is 2. The van der Waals surface area contributed by atoms with Crippen LogP contribution >= 0.6 is 0 Å². The van der Waals surface area contributed by atoms with Crippen LogP contribution in [0.5, 0.6) is 0 Å². The molecule has 6 nitrogen and oxygen atoms in total. The van der Waals surface area contributed by atoms with Crippen molar-refractivity contribution in [1.82, 2.24) is 5.32 Å². The van der Waals surface area contributed by atoms with Crippen LogP contribution in [0.25, 0.3) is 0 Å². The van der Waals surface area contributed by atoms with Gasteiger partial charge in [-0.15, -0.1) is 0 Å². The third kappa shape index (κ3) is 46.1. The normalized spacial score (nSPS) is 12.7. The van der Waals surface area contributed by atoms with Gasteiger partial charge < -0.3 is 20.3 Å². The van der Waals surface area contributed by atoms with Crippen LogP contribution in [0.15, 0.2) is 12.2 Å². The van der Waals surface area contributed by atoms with Crippen LogP contribution in [0.1, 0.15) is 296 Å². The van der Waals surface area contributed by atoms with Crippen molar-refractivity contribution < 1.29 is 24.5 Å². The van der Waals surface area contributed by atoms with E-state index in [-0.39, 0.29) is 18.5 Å². The lowest BCUT2D eigenvalue weighted by Gasteiger charge is -2.22. The molecule has 0 aliphatic carbocycles. The van der Waals surface area contributed by atoms with Crippen molar-refractivity contribution >= 4 is 11.9 Å². The number of hydrogen-bond acceptors (Lipinski definition) is 5. The predicted octanol–water partition coefficient (Wildman–Crippen LogP) is 16.1. The highest BCUT2D eigenvalue weighted by Crippen LogP contribution is 2.17. The molecule has 0 spiro atoms. The maximum absolute atomic E-state index is 12.4. The molecular weight excluding hydrogens is 743 g/mol. The number of nitrogens with one attached hydrogen (secondary N) is 1. The number of carbonyl (C=O) groups excluding carboxylic acids is 2. The molecule has 0 aliphatic heterocycles. The molecule has 0 fully saturated rings. The van der Waals surface area contributed by atoms with Crippen molar-refractivity contribution in [1.29, 1.82) is 0 Å². The zero-order valence-corrected chi connectivity index (χ0v) is 40.5. The van der Waals surface area contributed by atoms with Gasteiger partial charge in [0.05, 0.1) is 25.4 Å². The van der Waals surface area contributed by atoms with E-state index in [0.717, 1.165) is 44.9 Å². The number of rotatable bonds is 50. The molecule has 0 aromatic rings. The van der Waals surface area contributed by atoms with Gasteiger partial charge in [0, 0.05) is 12.8 Å². The monoisotopic (exact) mass is 848 g/mol. The average molecular weight is 848 g/mol. The van der Waals surface area contributed by atoms with Crippen molar-refractivity contribution in [2.75, 3.05) is 13.2 Å². The van der Waals surface area contributed by atoms with Crippen molar-refractivity contribution in [3.05, 3.63) is 12.2 Å². The van der Waals surface area contributed by atoms with Crippen LogP contribution in [-0.4, -0.2) is 47.4 Å². The first-order valence-corrected chi connectivity index (χ1v) is 26.9. The first-order valence-electron chi connectivity index (χ1n) is 26.9. The summed E-state index contributed by atoms with van der Waals surface area (Å²) < 4.78 is 5.48. The van der Waals surface area contributed by atoms with Crippen molar-refractivity contribution in [3.8, 4) is 0 Å². The molecule has 0 saturated heterocycles. The number of unbranched alkanes of at least 4 members (excludes halogenated alkanes) is 37. The number of aliphatic hydroxyl groups is 2. The maximum atomic E-state index is 12.4. The fourth-order valence-electron chi connectivity index (χ4n) is 8.40. The van der Waals surface area contributed by atoms with Gasteiger partial charge in [0.25, 0.3) is 0 Å². The van der Waals surface area contributed by atoms with Crippen LogP contribution in [0.2, 0.25) is 0 Å². The summed E-state index contributed by atoms with van der Waals surface area (Å²) in [7, 11) is 0. The Balaban J connectivity index is 3.38. The van der Waals surface area contributed by atoms with Gasteiger partial charge in [-0.1, -0.05) is 244 Å². The van der Waals surface area contributed by atoms with Gasteiger partial charge in [0.2, 0.25) is 5.91 Å². The molecule has 2 unspecified atom stereocenters. The molecular formula is C54H105NO5. The van der Waals surface area contributed by atoms with Gasteiger partial charge in [-0.2, -0.15) is 0 Å². The highest BCUT2D eigenvalue weighted by atomic mass is 16.5. The summed E-state index contributed by atoms with van der Waals surface area (Å²) >= 11 is 0. The smallest absolute Gasteiger partial charge is 0.305 e. The molecule has 0 aliphatic rings. The van der Waals surface area contributed by atoms with E-state index >= 15 is 0 Å². The Kier molecular flexibility index (Phi) is 49.1. The molecule has 0 aromatic heterocycles. The maximum Gasteiger partial charge on any atom is 0.305 e. The first kappa shape index (κ1) is 58.6. The Morgan fingerprint density at radius 2 is 0.783 bits per heavy atom. The van der Waals surface area contributed by atoms with E-state index in [0.29, 0.717) is 25.9 Å². The zero-order chi connectivity index (χ0) is 43.7. The van der Waals surface area contributed by atoms with Crippen molar-refractivity contribution in [2.45, 2.75) is 309 Å². The largest absolute Gasteiger partial charge is 0.466 e. The minimum Gasteiger partial charge on any atom is -0.466 e. The van der Waals surface area contributed by atoms with Gasteiger partial charge in [-0.3, -0.25) is 9.59 Å². The summed E-state index contributed by atoms with van der Waals surface area (Å²) in [5.41, 5.74) is 0. The van der Waals surface area contributed by atoms with Gasteiger partial charge in [0.1, 0.15) is 0 Å². The van der Waals surface area contributed by atoms with Crippen molar-refractivity contribution in [2.24, 2.45) is 0 Å². The number of aliphatic hydroxyl groups excluding tert-OH is 2. The lowest BCUT2D eigenvalue weighted by molar-refractivity contribution is -0.143. The van der Waals surface area contributed by atoms with Crippen LogP contribution in [0.4, 0.5) is 0 Å². The topological polar surface area (TPSA) is 95.9 Å². The standard InChI is InChI=1S/C54H105NO5/c1-3-5-7-9-11-13-14-15-16-17-18-19-22-25-28-32-36-40-44-48-54(59)60-49-45-41-37-33-29-26-23-20-21-24-27-31-35-39-43-47-53(58)55-51(50-56)52(57)46-42-38-34-30-12-10-8-6-4-2/h15-16,51-52,56-57H,3-14,17-50H2,1-2H3,(H,55,58)/b16-15-. The average Bonchev–Trinajstić information content (AvgIpc) is 3.25. The SMILES string of the molecule is CCCCCCCC/C=C\CCCCCCCCCCCC(=O)OCCCCCCCCCCCCCCCCCC(=O)NC(CO)C(O)CCCCCCCCCCC. The zero-order valence-electron chi connectivity index (χ0n) is 40.5. The molecule has 6 heteroatoms. The quantitative estimate of drug-likeness (QED) is 0.0322. The lowest BCUT2D eigenvalue weighted by atomic mass is 10.0. The van der Waals surface area contributed by atoms with Crippen LogP contribution in [-0.2, 0) is 14.3 Å². The van der Waals surface area contributed by atoms with Crippen molar-refractivity contribution in [3.63, 3.8) is 0 Å². The summed E-state index contributed by atoms with van der Waals surface area (Å²) in [4.78, 5) is 24.5. The van der Waals surface area contributed by atoms with E-state index in [1.807, 2.05) is 0 Å². The predicted molar refractivity (Wildman–Crippen MR) is 260 cm³/mol. The summed E-state index contributed by atoms with van der Waals surface area (Å²) in [6, 6.07) is -0.545. The second-order valence-electron chi connectivity index (χ2n) is 18.6. The van der Waals surface area contributed by atoms with E-state index in [2.05, 4.69) is 31.3 Å². The second-order valence-corrected chi connectivity index (χ2v) is 18.6. The first-order chi connectivity index (χ1) is 29.5. The Morgan fingerprint density at radius 1 is 0.450 bits per heavy atom. The fourth-order valence-corrected chi connectivity index (χ4v) is 8.40. The third-order valence-corrected chi connectivity index (χ3v) is 12.6. The molecule has 60 heavy (non-hydrogen) atoms. The Morgan fingerprint density at radius 3 is 1.18 bits per heavy atom. The highest BCUT2D eigenvalue weighted by molar-refractivity contribution is 5.76. The molecule has 1 amide bonds. The van der Waals surface area contributed by atoms with E-state index in [1.165, 1.54) is 218 Å². The van der Waals surface area contributed by atoms with Gasteiger partial charge in [-0.05, 0) is 51.4 Å². The lowest BCUT2D eigenvalue weighted by Crippen LogP contribution is -2.45. The third-order valence-electron chi connectivity index (χ3n) is 12.6. The Hall–Kier alpha value is -1.40. The molecule has 3 N–H and O–H groups in total. The number of amides is 1. The van der Waals surface area contributed by atoms with E-state index < -0.39 is 12.1 Å². The van der Waals surface area contributed by atoms with Crippen LogP contribution in [0.3, 0.4) is 0 Å². The van der Waals surface area contributed by atoms with E-state index in [1.54, 1.807) is 0 Å². The number of ether oxygens (including phenoxy) is 1. The fraction of sp³-hybridized carbons (Fsp3) is 0.926. The molecule has 0 saturated carbocycles. The van der Waals surface area contributed by atoms with Gasteiger partial charge >= 0.3 is 5.97 Å². The number of hydrogen-bond donors (Lipinski definition) is 3. The van der Waals surface area contributed by atoms with Gasteiger partial charge in [0.15, 0.2) is 0 Å². The summed E-state index contributed by atoms with van der Waals surface area (Å²) in [6.07, 6.45) is 57.7.